The van der Waals surface area contributed by atoms with E-state index in [9.17, 15) is 9.59 Å². The van der Waals surface area contributed by atoms with Gasteiger partial charge < -0.3 is 14.5 Å². The first-order valence-electron chi connectivity index (χ1n) is 9.64. The van der Waals surface area contributed by atoms with Crippen LogP contribution in [0.15, 0.2) is 34.2 Å². The number of rotatable bonds is 7. The molecule has 0 spiro atoms. The number of pyridine rings is 1. The van der Waals surface area contributed by atoms with Gasteiger partial charge in [0.1, 0.15) is 5.00 Å². The zero-order chi connectivity index (χ0) is 20.9. The van der Waals surface area contributed by atoms with E-state index in [-0.39, 0.29) is 17.6 Å². The molecule has 30 heavy (non-hydrogen) atoms. The van der Waals surface area contributed by atoms with E-state index < -0.39 is 0 Å². The van der Waals surface area contributed by atoms with E-state index in [1.807, 2.05) is 0 Å². The second kappa shape index (κ2) is 9.40. The Kier molecular flexibility index (Phi) is 6.44. The highest BCUT2D eigenvalue weighted by molar-refractivity contribution is 7.99. The number of carbonyl (C=O) groups is 2. The lowest BCUT2D eigenvalue weighted by molar-refractivity contribution is -0.113. The van der Waals surface area contributed by atoms with Gasteiger partial charge in [-0.1, -0.05) is 11.8 Å². The Balaban J connectivity index is 1.43. The normalized spacial score (nSPS) is 13.0. The summed E-state index contributed by atoms with van der Waals surface area (Å²) >= 11 is 2.61. The fourth-order valence-electron chi connectivity index (χ4n) is 3.24. The Morgan fingerprint density at radius 2 is 2.03 bits per heavy atom. The Labute approximate surface area is 181 Å². The van der Waals surface area contributed by atoms with Crippen LogP contribution in [0.4, 0.5) is 5.00 Å². The van der Waals surface area contributed by atoms with Crippen molar-refractivity contribution in [2.24, 2.45) is 0 Å². The summed E-state index contributed by atoms with van der Waals surface area (Å²) in [7, 11) is 0. The van der Waals surface area contributed by atoms with E-state index >= 15 is 0 Å². The zero-order valence-corrected chi connectivity index (χ0v) is 18.0. The average molecular weight is 445 g/mol. The molecule has 0 saturated heterocycles. The molecule has 10 heteroatoms. The van der Waals surface area contributed by atoms with Crippen molar-refractivity contribution in [3.63, 3.8) is 0 Å². The van der Waals surface area contributed by atoms with Crippen LogP contribution in [0.3, 0.4) is 0 Å². The van der Waals surface area contributed by atoms with Gasteiger partial charge in [0.15, 0.2) is 0 Å². The van der Waals surface area contributed by atoms with Crippen LogP contribution in [0.5, 0.6) is 0 Å². The van der Waals surface area contributed by atoms with Gasteiger partial charge in [-0.25, -0.2) is 4.79 Å². The van der Waals surface area contributed by atoms with E-state index in [0.717, 1.165) is 53.4 Å². The lowest BCUT2D eigenvalue weighted by Gasteiger charge is -2.12. The lowest BCUT2D eigenvalue weighted by Crippen LogP contribution is -2.17. The van der Waals surface area contributed by atoms with Crippen LogP contribution in [0, 0.1) is 0 Å². The van der Waals surface area contributed by atoms with Crippen molar-refractivity contribution < 1.29 is 18.7 Å². The molecule has 0 aliphatic heterocycles. The molecule has 0 fully saturated rings. The van der Waals surface area contributed by atoms with Crippen molar-refractivity contribution in [1.29, 1.82) is 0 Å². The highest BCUT2D eigenvalue weighted by atomic mass is 32.2. The third kappa shape index (κ3) is 4.54. The second-order valence-corrected chi connectivity index (χ2v) is 8.61. The first kappa shape index (κ1) is 20.5. The van der Waals surface area contributed by atoms with Crippen molar-refractivity contribution in [2.45, 2.75) is 37.8 Å². The van der Waals surface area contributed by atoms with Gasteiger partial charge in [-0.3, -0.25) is 9.78 Å². The molecular weight excluding hydrogens is 424 g/mol. The molecule has 0 saturated carbocycles. The van der Waals surface area contributed by atoms with Gasteiger partial charge in [0.25, 0.3) is 5.22 Å². The van der Waals surface area contributed by atoms with Gasteiger partial charge in [0.2, 0.25) is 11.8 Å². The monoisotopic (exact) mass is 444 g/mol. The highest BCUT2D eigenvalue weighted by Crippen LogP contribution is 2.38. The van der Waals surface area contributed by atoms with Gasteiger partial charge >= 0.3 is 5.97 Å². The van der Waals surface area contributed by atoms with Gasteiger partial charge in [0, 0.05) is 22.8 Å². The number of esters is 1. The molecule has 0 bridgehead atoms. The quantitative estimate of drug-likeness (QED) is 0.431. The smallest absolute Gasteiger partial charge is 0.341 e. The Morgan fingerprint density at radius 3 is 2.83 bits per heavy atom. The van der Waals surface area contributed by atoms with Crippen molar-refractivity contribution in [1.82, 2.24) is 15.2 Å². The topological polar surface area (TPSA) is 107 Å². The van der Waals surface area contributed by atoms with Crippen LogP contribution >= 0.6 is 23.1 Å². The van der Waals surface area contributed by atoms with Crippen LogP contribution in [0.2, 0.25) is 0 Å². The second-order valence-electron chi connectivity index (χ2n) is 6.58. The minimum absolute atomic E-state index is 0.0861. The summed E-state index contributed by atoms with van der Waals surface area (Å²) in [5, 5.41) is 11.7. The van der Waals surface area contributed by atoms with Crippen LogP contribution in [0.25, 0.3) is 11.5 Å². The third-order valence-corrected chi connectivity index (χ3v) is 6.59. The number of thiophene rings is 1. The molecular formula is C20H20N4O4S2. The van der Waals surface area contributed by atoms with Crippen LogP contribution < -0.4 is 5.32 Å². The Bertz CT molecular complexity index is 1050. The number of aryl methyl sites for hydroxylation is 1. The largest absolute Gasteiger partial charge is 0.462 e. The first-order valence-corrected chi connectivity index (χ1v) is 11.4. The molecule has 1 amide bonds. The van der Waals surface area contributed by atoms with E-state index in [1.54, 1.807) is 31.5 Å². The minimum Gasteiger partial charge on any atom is -0.462 e. The van der Waals surface area contributed by atoms with Crippen LogP contribution in [-0.4, -0.2) is 39.4 Å². The van der Waals surface area contributed by atoms with Crippen LogP contribution in [0.1, 0.15) is 40.6 Å². The number of anilines is 1. The number of amides is 1. The molecule has 8 nitrogen and oxygen atoms in total. The summed E-state index contributed by atoms with van der Waals surface area (Å²) in [6.07, 6.45) is 7.18. The van der Waals surface area contributed by atoms with E-state index in [2.05, 4.69) is 20.5 Å². The molecule has 0 radical (unpaired) electrons. The Hall–Kier alpha value is -2.72. The molecule has 156 valence electrons. The number of ether oxygens (including phenoxy) is 1. The van der Waals surface area contributed by atoms with Gasteiger partial charge in [0.05, 0.1) is 17.9 Å². The summed E-state index contributed by atoms with van der Waals surface area (Å²) in [4.78, 5) is 30.1. The van der Waals surface area contributed by atoms with E-state index in [0.29, 0.717) is 28.3 Å². The molecule has 3 heterocycles. The maximum absolute atomic E-state index is 12.5. The molecule has 4 rings (SSSR count). The number of hydrogen-bond acceptors (Lipinski definition) is 9. The maximum Gasteiger partial charge on any atom is 0.341 e. The van der Waals surface area contributed by atoms with Crippen molar-refractivity contribution >= 4 is 40.0 Å². The highest BCUT2D eigenvalue weighted by Gasteiger charge is 2.27. The molecule has 1 aliphatic rings. The molecule has 1 N–H and O–H groups in total. The maximum atomic E-state index is 12.5. The summed E-state index contributed by atoms with van der Waals surface area (Å²) in [6, 6.07) is 3.54. The van der Waals surface area contributed by atoms with Gasteiger partial charge in [-0.2, -0.15) is 0 Å². The number of carbonyl (C=O) groups excluding carboxylic acids is 2. The predicted molar refractivity (Wildman–Crippen MR) is 114 cm³/mol. The minimum atomic E-state index is -0.376. The summed E-state index contributed by atoms with van der Waals surface area (Å²) in [5.74, 6) is -0.162. The van der Waals surface area contributed by atoms with Crippen molar-refractivity contribution in [3.05, 3.63) is 40.5 Å². The molecule has 0 atom stereocenters. The number of nitrogens with one attached hydrogen (secondary N) is 1. The SMILES string of the molecule is CCOC(=O)c1c(NC(=O)CSc2nnc(-c3ccncc3)o2)sc2c1CCCC2. The molecule has 3 aromatic heterocycles. The molecule has 0 unspecified atom stereocenters. The number of nitrogens with zero attached hydrogens (tertiary/aromatic N) is 3. The van der Waals surface area contributed by atoms with Gasteiger partial charge in [-0.15, -0.1) is 21.5 Å². The molecule has 0 aromatic carbocycles. The number of fused-ring (bicyclic) bond motifs is 1. The Morgan fingerprint density at radius 1 is 1.23 bits per heavy atom. The molecule has 3 aromatic rings. The fourth-order valence-corrected chi connectivity index (χ4v) is 5.10. The summed E-state index contributed by atoms with van der Waals surface area (Å²) in [5.41, 5.74) is 2.29. The number of aromatic nitrogens is 3. The standard InChI is InChI=1S/C20H20N4O4S2/c1-2-27-19(26)16-13-5-3-4-6-14(13)30-18(16)22-15(25)11-29-20-24-23-17(28-20)12-7-9-21-10-8-12/h7-10H,2-6,11H2,1H3,(H,22,25). The predicted octanol–water partition coefficient (Wildman–Crippen LogP) is 3.98. The summed E-state index contributed by atoms with van der Waals surface area (Å²) < 4.78 is 10.8. The lowest BCUT2D eigenvalue weighted by atomic mass is 9.95. The number of thioether (sulfide) groups is 1. The first-order chi connectivity index (χ1) is 14.7. The average Bonchev–Trinajstić information content (AvgIpc) is 3.37. The van der Waals surface area contributed by atoms with E-state index in [1.165, 1.54) is 11.3 Å². The van der Waals surface area contributed by atoms with Gasteiger partial charge in [-0.05, 0) is 50.3 Å². The fraction of sp³-hybridized carbons (Fsp3) is 0.350. The van der Waals surface area contributed by atoms with Crippen LogP contribution in [-0.2, 0) is 22.4 Å². The van der Waals surface area contributed by atoms with Crippen molar-refractivity contribution in [2.75, 3.05) is 17.7 Å². The van der Waals surface area contributed by atoms with Crippen molar-refractivity contribution in [3.8, 4) is 11.5 Å². The molecule has 1 aliphatic carbocycles. The summed E-state index contributed by atoms with van der Waals surface area (Å²) in [6.45, 7) is 2.07. The third-order valence-electron chi connectivity index (χ3n) is 4.56. The zero-order valence-electron chi connectivity index (χ0n) is 16.3. The number of hydrogen-bond donors (Lipinski definition) is 1. The van der Waals surface area contributed by atoms with E-state index in [4.69, 9.17) is 9.15 Å².